The first-order valence-electron chi connectivity index (χ1n) is 7.64. The van der Waals surface area contributed by atoms with Gasteiger partial charge in [0.15, 0.2) is 11.5 Å². The summed E-state index contributed by atoms with van der Waals surface area (Å²) in [4.78, 5) is 12.2. The van der Waals surface area contributed by atoms with E-state index in [0.29, 0.717) is 29.5 Å². The molecule has 1 amide bonds. The Morgan fingerprint density at radius 2 is 1.65 bits per heavy atom. The van der Waals surface area contributed by atoms with E-state index in [1.165, 1.54) is 5.56 Å². The summed E-state index contributed by atoms with van der Waals surface area (Å²) < 4.78 is 10.5. The number of methoxy groups -OCH3 is 2. The Kier molecular flexibility index (Phi) is 5.63. The van der Waals surface area contributed by atoms with Gasteiger partial charge in [-0.25, -0.2) is 0 Å². The Bertz CT molecular complexity index is 663. The molecule has 1 N–H and O–H groups in total. The maximum Gasteiger partial charge on any atom is 0.251 e. The molecule has 0 unspecified atom stereocenters. The van der Waals surface area contributed by atoms with Crippen molar-refractivity contribution in [3.05, 3.63) is 59.2 Å². The zero-order chi connectivity index (χ0) is 16.8. The lowest BCUT2D eigenvalue weighted by molar-refractivity contribution is 0.0951. The molecule has 4 heteroatoms. The molecular formula is C19H23NO3. The molecule has 2 aromatic carbocycles. The summed E-state index contributed by atoms with van der Waals surface area (Å²) in [6.07, 6.45) is 0. The maximum atomic E-state index is 12.2. The smallest absolute Gasteiger partial charge is 0.251 e. The van der Waals surface area contributed by atoms with Crippen molar-refractivity contribution in [1.29, 1.82) is 0 Å². The number of hydrogen-bond donors (Lipinski definition) is 1. The highest BCUT2D eigenvalue weighted by atomic mass is 16.5. The fourth-order valence-corrected chi connectivity index (χ4v) is 2.29. The average molecular weight is 313 g/mol. The molecule has 0 aromatic heterocycles. The molecule has 0 radical (unpaired) electrons. The van der Waals surface area contributed by atoms with Crippen LogP contribution < -0.4 is 14.8 Å². The summed E-state index contributed by atoms with van der Waals surface area (Å²) in [5.74, 6) is 1.70. The number of ether oxygens (including phenoxy) is 2. The number of benzene rings is 2. The van der Waals surface area contributed by atoms with Crippen LogP contribution in [0.2, 0.25) is 0 Å². The third-order valence-corrected chi connectivity index (χ3v) is 3.74. The first-order valence-corrected chi connectivity index (χ1v) is 7.64. The van der Waals surface area contributed by atoms with Crippen LogP contribution in [0.25, 0.3) is 0 Å². The van der Waals surface area contributed by atoms with Gasteiger partial charge in [0.05, 0.1) is 14.2 Å². The summed E-state index contributed by atoms with van der Waals surface area (Å²) in [7, 11) is 3.19. The van der Waals surface area contributed by atoms with Crippen LogP contribution in [0.15, 0.2) is 42.5 Å². The minimum atomic E-state index is -0.0879. The highest BCUT2D eigenvalue weighted by molar-refractivity contribution is 5.94. The van der Waals surface area contributed by atoms with Gasteiger partial charge in [-0.15, -0.1) is 0 Å². The molecular weight excluding hydrogens is 290 g/mol. The largest absolute Gasteiger partial charge is 0.493 e. The van der Waals surface area contributed by atoms with Crippen molar-refractivity contribution < 1.29 is 14.3 Å². The predicted octanol–water partition coefficient (Wildman–Crippen LogP) is 3.76. The van der Waals surface area contributed by atoms with Gasteiger partial charge in [-0.2, -0.15) is 0 Å². The van der Waals surface area contributed by atoms with Crippen LogP contribution in [-0.4, -0.2) is 20.1 Å². The van der Waals surface area contributed by atoms with Gasteiger partial charge in [0.1, 0.15) is 0 Å². The predicted molar refractivity (Wildman–Crippen MR) is 91.2 cm³/mol. The third kappa shape index (κ3) is 4.25. The fraction of sp³-hybridized carbons (Fsp3) is 0.316. The Balaban J connectivity index is 2.01. The second-order valence-corrected chi connectivity index (χ2v) is 5.65. The van der Waals surface area contributed by atoms with Gasteiger partial charge < -0.3 is 14.8 Å². The molecule has 0 aliphatic heterocycles. The Hall–Kier alpha value is -2.49. The number of amides is 1. The molecule has 23 heavy (non-hydrogen) atoms. The van der Waals surface area contributed by atoms with Crippen molar-refractivity contribution in [2.75, 3.05) is 14.2 Å². The fourth-order valence-electron chi connectivity index (χ4n) is 2.29. The van der Waals surface area contributed by atoms with Gasteiger partial charge in [-0.1, -0.05) is 32.0 Å². The van der Waals surface area contributed by atoms with Gasteiger partial charge in [-0.05, 0) is 41.3 Å². The summed E-state index contributed by atoms with van der Waals surface area (Å²) >= 11 is 0. The Morgan fingerprint density at radius 1 is 1.00 bits per heavy atom. The molecule has 0 bridgehead atoms. The number of rotatable bonds is 6. The lowest BCUT2D eigenvalue weighted by Gasteiger charge is -2.11. The van der Waals surface area contributed by atoms with E-state index in [1.807, 2.05) is 42.5 Å². The standard InChI is InChI=1S/C19H23NO3/c1-13(2)15-6-8-16(9-7-15)19(21)20-12-14-5-10-17(22-3)18(11-14)23-4/h5-11,13H,12H2,1-4H3,(H,20,21). The van der Waals surface area contributed by atoms with Gasteiger partial charge in [0.2, 0.25) is 0 Å². The van der Waals surface area contributed by atoms with E-state index < -0.39 is 0 Å². The van der Waals surface area contributed by atoms with Crippen molar-refractivity contribution in [2.45, 2.75) is 26.3 Å². The quantitative estimate of drug-likeness (QED) is 0.883. The van der Waals surface area contributed by atoms with E-state index in [4.69, 9.17) is 9.47 Å². The molecule has 0 aliphatic carbocycles. The summed E-state index contributed by atoms with van der Waals surface area (Å²) in [5, 5.41) is 2.92. The molecule has 4 nitrogen and oxygen atoms in total. The van der Waals surface area contributed by atoms with E-state index in [1.54, 1.807) is 14.2 Å². The van der Waals surface area contributed by atoms with Crippen LogP contribution in [0, 0.1) is 0 Å². The molecule has 0 spiro atoms. The minimum Gasteiger partial charge on any atom is -0.493 e. The summed E-state index contributed by atoms with van der Waals surface area (Å²) in [6, 6.07) is 13.3. The van der Waals surface area contributed by atoms with Gasteiger partial charge in [0.25, 0.3) is 5.91 Å². The van der Waals surface area contributed by atoms with Crippen molar-refractivity contribution in [3.8, 4) is 11.5 Å². The van der Waals surface area contributed by atoms with Gasteiger partial charge in [0, 0.05) is 12.1 Å². The second kappa shape index (κ2) is 7.68. The van der Waals surface area contributed by atoms with Crippen LogP contribution in [-0.2, 0) is 6.54 Å². The van der Waals surface area contributed by atoms with Crippen molar-refractivity contribution in [1.82, 2.24) is 5.32 Å². The van der Waals surface area contributed by atoms with Crippen LogP contribution in [0.3, 0.4) is 0 Å². The van der Waals surface area contributed by atoms with E-state index in [0.717, 1.165) is 5.56 Å². The first-order chi connectivity index (χ1) is 11.0. The number of hydrogen-bond acceptors (Lipinski definition) is 3. The minimum absolute atomic E-state index is 0.0879. The molecule has 0 fully saturated rings. The molecule has 2 aromatic rings. The van der Waals surface area contributed by atoms with E-state index in [9.17, 15) is 4.79 Å². The van der Waals surface area contributed by atoms with Crippen LogP contribution >= 0.6 is 0 Å². The van der Waals surface area contributed by atoms with Crippen molar-refractivity contribution in [2.24, 2.45) is 0 Å². The molecule has 0 atom stereocenters. The second-order valence-electron chi connectivity index (χ2n) is 5.65. The molecule has 122 valence electrons. The van der Waals surface area contributed by atoms with Gasteiger partial charge >= 0.3 is 0 Å². The van der Waals surface area contributed by atoms with Crippen molar-refractivity contribution >= 4 is 5.91 Å². The lowest BCUT2D eigenvalue weighted by Crippen LogP contribution is -2.22. The maximum absolute atomic E-state index is 12.2. The average Bonchev–Trinajstić information content (AvgIpc) is 2.59. The number of carbonyl (C=O) groups excluding carboxylic acids is 1. The molecule has 0 heterocycles. The van der Waals surface area contributed by atoms with E-state index in [-0.39, 0.29) is 5.91 Å². The zero-order valence-corrected chi connectivity index (χ0v) is 14.1. The third-order valence-electron chi connectivity index (χ3n) is 3.74. The monoisotopic (exact) mass is 313 g/mol. The number of nitrogens with one attached hydrogen (secondary N) is 1. The zero-order valence-electron chi connectivity index (χ0n) is 14.1. The van der Waals surface area contributed by atoms with Crippen molar-refractivity contribution in [3.63, 3.8) is 0 Å². The lowest BCUT2D eigenvalue weighted by atomic mass is 10.0. The van der Waals surface area contributed by atoms with E-state index in [2.05, 4.69) is 19.2 Å². The topological polar surface area (TPSA) is 47.6 Å². The van der Waals surface area contributed by atoms with Crippen LogP contribution in [0.5, 0.6) is 11.5 Å². The molecule has 0 aliphatic rings. The summed E-state index contributed by atoms with van der Waals surface area (Å²) in [6.45, 7) is 4.70. The molecule has 0 saturated carbocycles. The van der Waals surface area contributed by atoms with Crippen LogP contribution in [0.4, 0.5) is 0 Å². The summed E-state index contributed by atoms with van der Waals surface area (Å²) in [5.41, 5.74) is 2.84. The normalized spacial score (nSPS) is 10.5. The van der Waals surface area contributed by atoms with Gasteiger partial charge in [-0.3, -0.25) is 4.79 Å². The molecule has 2 rings (SSSR count). The highest BCUT2D eigenvalue weighted by Crippen LogP contribution is 2.27. The molecule has 0 saturated heterocycles. The number of carbonyl (C=O) groups is 1. The van der Waals surface area contributed by atoms with Crippen LogP contribution in [0.1, 0.15) is 41.3 Å². The highest BCUT2D eigenvalue weighted by Gasteiger charge is 2.08. The Morgan fingerprint density at radius 3 is 2.22 bits per heavy atom. The SMILES string of the molecule is COc1ccc(CNC(=O)c2ccc(C(C)C)cc2)cc1OC. The first kappa shape index (κ1) is 16.9. The Labute approximate surface area is 137 Å². The van der Waals surface area contributed by atoms with E-state index >= 15 is 0 Å².